The van der Waals surface area contributed by atoms with E-state index in [-0.39, 0.29) is 0 Å². The number of hydrogen-bond donors (Lipinski definition) is 2. The molecule has 0 aliphatic heterocycles. The maximum atomic E-state index is 5.95. The summed E-state index contributed by atoms with van der Waals surface area (Å²) in [4.78, 5) is 0. The van der Waals surface area contributed by atoms with Gasteiger partial charge in [0.25, 0.3) is 0 Å². The fourth-order valence-electron chi connectivity index (χ4n) is 4.07. The van der Waals surface area contributed by atoms with E-state index in [1.165, 1.54) is 37.7 Å². The Morgan fingerprint density at radius 3 is 2.57 bits per heavy atom. The Kier molecular flexibility index (Phi) is 5.65. The summed E-state index contributed by atoms with van der Waals surface area (Å²) in [6.45, 7) is 4.64. The number of hydrazine groups is 1. The van der Waals surface area contributed by atoms with E-state index in [4.69, 9.17) is 10.6 Å². The van der Waals surface area contributed by atoms with E-state index in [1.807, 2.05) is 6.07 Å². The molecule has 0 spiro atoms. The molecular weight excluding hydrogens is 260 g/mol. The molecule has 0 radical (unpaired) electrons. The zero-order valence-electron chi connectivity index (χ0n) is 13.7. The number of hydrogen-bond acceptors (Lipinski definition) is 3. The monoisotopic (exact) mass is 290 g/mol. The van der Waals surface area contributed by atoms with Crippen LogP contribution in [0.15, 0.2) is 24.3 Å². The lowest BCUT2D eigenvalue weighted by Crippen LogP contribution is -2.49. The van der Waals surface area contributed by atoms with Gasteiger partial charge in [0.05, 0.1) is 7.11 Å². The van der Waals surface area contributed by atoms with E-state index in [9.17, 15) is 0 Å². The van der Waals surface area contributed by atoms with Gasteiger partial charge in [-0.05, 0) is 54.7 Å². The minimum atomic E-state index is 0.342. The highest BCUT2D eigenvalue weighted by atomic mass is 16.5. The molecule has 1 unspecified atom stereocenters. The third-order valence-corrected chi connectivity index (χ3v) is 4.93. The van der Waals surface area contributed by atoms with Crippen molar-refractivity contribution in [3.05, 3.63) is 29.8 Å². The molecule has 3 heteroatoms. The maximum absolute atomic E-state index is 5.95. The summed E-state index contributed by atoms with van der Waals surface area (Å²) in [5, 5.41) is 0. The molecule has 0 heterocycles. The lowest BCUT2D eigenvalue weighted by Gasteiger charge is -2.39. The van der Waals surface area contributed by atoms with Crippen LogP contribution < -0.4 is 16.0 Å². The van der Waals surface area contributed by atoms with Crippen LogP contribution in [-0.2, 0) is 6.42 Å². The van der Waals surface area contributed by atoms with Crippen molar-refractivity contribution in [1.82, 2.24) is 5.43 Å². The normalized spacial score (nSPS) is 18.9. The quantitative estimate of drug-likeness (QED) is 0.595. The summed E-state index contributed by atoms with van der Waals surface area (Å²) >= 11 is 0. The Morgan fingerprint density at radius 1 is 1.29 bits per heavy atom. The second-order valence-electron chi connectivity index (χ2n) is 6.94. The number of rotatable bonds is 7. The predicted octanol–water partition coefficient (Wildman–Crippen LogP) is 3.68. The minimum absolute atomic E-state index is 0.342. The van der Waals surface area contributed by atoms with E-state index < -0.39 is 0 Å². The molecule has 3 N–H and O–H groups in total. The van der Waals surface area contributed by atoms with Gasteiger partial charge in [0.1, 0.15) is 5.75 Å². The molecule has 1 aliphatic rings. The summed E-state index contributed by atoms with van der Waals surface area (Å²) in [7, 11) is 1.72. The first-order valence-corrected chi connectivity index (χ1v) is 8.19. The number of nitrogens with one attached hydrogen (secondary N) is 1. The summed E-state index contributed by atoms with van der Waals surface area (Å²) in [5.41, 5.74) is 4.79. The summed E-state index contributed by atoms with van der Waals surface area (Å²) in [6.07, 6.45) is 7.49. The van der Waals surface area contributed by atoms with Gasteiger partial charge in [-0.15, -0.1) is 0 Å². The van der Waals surface area contributed by atoms with Gasteiger partial charge in [0, 0.05) is 6.04 Å². The van der Waals surface area contributed by atoms with Crippen molar-refractivity contribution in [1.29, 1.82) is 0 Å². The highest BCUT2D eigenvalue weighted by Gasteiger charge is 2.41. The first-order valence-electron chi connectivity index (χ1n) is 8.19. The van der Waals surface area contributed by atoms with Crippen LogP contribution >= 0.6 is 0 Å². The summed E-state index contributed by atoms with van der Waals surface area (Å²) in [5.74, 6) is 7.59. The fourth-order valence-corrected chi connectivity index (χ4v) is 4.07. The molecule has 1 aromatic rings. The third-order valence-electron chi connectivity index (χ3n) is 4.93. The Hall–Kier alpha value is -1.06. The number of methoxy groups -OCH3 is 1. The first-order chi connectivity index (χ1) is 10.1. The molecule has 1 fully saturated rings. The molecule has 0 saturated heterocycles. The van der Waals surface area contributed by atoms with Crippen molar-refractivity contribution >= 4 is 0 Å². The number of nitrogens with two attached hydrogens (primary N) is 1. The highest BCUT2D eigenvalue weighted by molar-refractivity contribution is 5.29. The van der Waals surface area contributed by atoms with Gasteiger partial charge in [-0.25, -0.2) is 0 Å². The molecule has 1 atom stereocenters. The molecule has 0 bridgehead atoms. The lowest BCUT2D eigenvalue weighted by atomic mass is 9.71. The highest BCUT2D eigenvalue weighted by Crippen LogP contribution is 2.46. The van der Waals surface area contributed by atoms with Crippen molar-refractivity contribution in [2.24, 2.45) is 17.2 Å². The molecule has 0 aromatic heterocycles. The molecule has 1 aliphatic carbocycles. The Morgan fingerprint density at radius 2 is 2.00 bits per heavy atom. The standard InChI is InChI=1S/C18H30N2O/c1-14(2)13-18(9-4-5-10-18)17(20-19)12-15-7-6-8-16(11-15)21-3/h6-8,11,14,17,20H,4-5,9-10,12-13,19H2,1-3H3. The second-order valence-corrected chi connectivity index (χ2v) is 6.94. The molecule has 2 rings (SSSR count). The van der Waals surface area contributed by atoms with Gasteiger partial charge in [0.2, 0.25) is 0 Å². The van der Waals surface area contributed by atoms with E-state index in [0.29, 0.717) is 17.4 Å². The van der Waals surface area contributed by atoms with Gasteiger partial charge < -0.3 is 4.74 Å². The number of ether oxygens (including phenoxy) is 1. The molecule has 0 amide bonds. The van der Waals surface area contributed by atoms with Crippen molar-refractivity contribution in [2.45, 2.75) is 58.4 Å². The lowest BCUT2D eigenvalue weighted by molar-refractivity contribution is 0.154. The van der Waals surface area contributed by atoms with Crippen LogP contribution in [0.5, 0.6) is 5.75 Å². The van der Waals surface area contributed by atoms with Crippen LogP contribution in [0.25, 0.3) is 0 Å². The van der Waals surface area contributed by atoms with Crippen LogP contribution in [-0.4, -0.2) is 13.2 Å². The fraction of sp³-hybridized carbons (Fsp3) is 0.667. The molecule has 1 aromatic carbocycles. The van der Waals surface area contributed by atoms with Crippen molar-refractivity contribution in [3.8, 4) is 5.75 Å². The summed E-state index contributed by atoms with van der Waals surface area (Å²) in [6, 6.07) is 8.70. The third kappa shape index (κ3) is 3.98. The number of benzene rings is 1. The minimum Gasteiger partial charge on any atom is -0.497 e. The SMILES string of the molecule is COc1cccc(CC(NN)C2(CC(C)C)CCCC2)c1. The van der Waals surface area contributed by atoms with Crippen LogP contribution in [0.4, 0.5) is 0 Å². The second kappa shape index (κ2) is 7.28. The largest absolute Gasteiger partial charge is 0.497 e. The summed E-state index contributed by atoms with van der Waals surface area (Å²) < 4.78 is 5.33. The topological polar surface area (TPSA) is 47.3 Å². The maximum Gasteiger partial charge on any atom is 0.119 e. The zero-order chi connectivity index (χ0) is 15.3. The molecule has 118 valence electrons. The predicted molar refractivity (Wildman–Crippen MR) is 88.2 cm³/mol. The Bertz CT molecular complexity index is 439. The van der Waals surface area contributed by atoms with Gasteiger partial charge in [-0.2, -0.15) is 0 Å². The van der Waals surface area contributed by atoms with Crippen LogP contribution in [0.2, 0.25) is 0 Å². The van der Waals surface area contributed by atoms with E-state index in [0.717, 1.165) is 12.2 Å². The van der Waals surface area contributed by atoms with E-state index >= 15 is 0 Å². The van der Waals surface area contributed by atoms with Crippen molar-refractivity contribution in [2.75, 3.05) is 7.11 Å². The molecule has 21 heavy (non-hydrogen) atoms. The Labute approximate surface area is 129 Å². The smallest absolute Gasteiger partial charge is 0.119 e. The average molecular weight is 290 g/mol. The Balaban J connectivity index is 2.16. The van der Waals surface area contributed by atoms with Crippen LogP contribution in [0.3, 0.4) is 0 Å². The van der Waals surface area contributed by atoms with E-state index in [1.54, 1.807) is 7.11 Å². The van der Waals surface area contributed by atoms with Crippen LogP contribution in [0.1, 0.15) is 51.5 Å². The van der Waals surface area contributed by atoms with Gasteiger partial charge >= 0.3 is 0 Å². The van der Waals surface area contributed by atoms with Gasteiger partial charge in [0.15, 0.2) is 0 Å². The zero-order valence-corrected chi connectivity index (χ0v) is 13.7. The molecular formula is C18H30N2O. The van der Waals surface area contributed by atoms with E-state index in [2.05, 4.69) is 37.5 Å². The average Bonchev–Trinajstić information content (AvgIpc) is 2.93. The van der Waals surface area contributed by atoms with Crippen molar-refractivity contribution in [3.63, 3.8) is 0 Å². The van der Waals surface area contributed by atoms with Gasteiger partial charge in [-0.1, -0.05) is 38.8 Å². The molecule has 1 saturated carbocycles. The van der Waals surface area contributed by atoms with Gasteiger partial charge in [-0.3, -0.25) is 11.3 Å². The first kappa shape index (κ1) is 16.3. The molecule has 3 nitrogen and oxygen atoms in total. The van der Waals surface area contributed by atoms with Crippen LogP contribution in [0, 0.1) is 11.3 Å². The van der Waals surface area contributed by atoms with Crippen molar-refractivity contribution < 1.29 is 4.74 Å².